The maximum atomic E-state index is 14.1. The van der Waals surface area contributed by atoms with Gasteiger partial charge in [0.15, 0.2) is 0 Å². The van der Waals surface area contributed by atoms with Crippen molar-refractivity contribution in [1.82, 2.24) is 9.80 Å². The molecular weight excluding hydrogens is 379 g/mol. The number of urea groups is 1. The van der Waals surface area contributed by atoms with Crippen molar-refractivity contribution in [3.05, 3.63) is 71.0 Å². The van der Waals surface area contributed by atoms with Crippen LogP contribution < -0.4 is 5.73 Å². The lowest BCUT2D eigenvalue weighted by atomic mass is 9.88. The third-order valence-electron chi connectivity index (χ3n) is 6.02. The summed E-state index contributed by atoms with van der Waals surface area (Å²) in [6.07, 6.45) is 0.302. The van der Waals surface area contributed by atoms with Crippen LogP contribution in [0.1, 0.15) is 29.2 Å². The number of amides is 2. The maximum Gasteiger partial charge on any atom is 0.320 e. The molecule has 0 unspecified atom stereocenters. The normalized spacial score (nSPS) is 23.6. The van der Waals surface area contributed by atoms with Gasteiger partial charge in [0.25, 0.3) is 5.92 Å². The number of carbonyl (C=O) groups excluding carboxylic acids is 1. The average molecular weight is 403 g/mol. The summed E-state index contributed by atoms with van der Waals surface area (Å²) in [7, 11) is 0. The molecular formula is C22H24F3N3O. The Morgan fingerprint density at radius 2 is 1.83 bits per heavy atom. The Labute approximate surface area is 168 Å². The Hall–Kier alpha value is -2.54. The van der Waals surface area contributed by atoms with E-state index >= 15 is 0 Å². The number of carbonyl (C=O) groups is 1. The summed E-state index contributed by atoms with van der Waals surface area (Å²) in [5.74, 6) is -4.24. The van der Waals surface area contributed by atoms with Crippen molar-refractivity contribution in [3.63, 3.8) is 0 Å². The van der Waals surface area contributed by atoms with Crippen molar-refractivity contribution in [2.75, 3.05) is 26.2 Å². The average Bonchev–Trinajstić information content (AvgIpc) is 2.73. The van der Waals surface area contributed by atoms with E-state index in [1.54, 1.807) is 17.0 Å². The van der Waals surface area contributed by atoms with Gasteiger partial charge >= 0.3 is 6.03 Å². The van der Waals surface area contributed by atoms with Crippen molar-refractivity contribution in [1.29, 1.82) is 0 Å². The van der Waals surface area contributed by atoms with E-state index in [2.05, 4.69) is 0 Å². The molecule has 29 heavy (non-hydrogen) atoms. The quantitative estimate of drug-likeness (QED) is 0.829. The zero-order chi connectivity index (χ0) is 20.6. The van der Waals surface area contributed by atoms with Crippen molar-refractivity contribution < 1.29 is 18.0 Å². The second kappa shape index (κ2) is 7.71. The fourth-order valence-corrected chi connectivity index (χ4v) is 4.36. The number of rotatable bonds is 2. The van der Waals surface area contributed by atoms with E-state index in [1.165, 1.54) is 17.0 Å². The fourth-order valence-electron chi connectivity index (χ4n) is 4.36. The molecule has 154 valence electrons. The zero-order valence-electron chi connectivity index (χ0n) is 16.0. The van der Waals surface area contributed by atoms with Crippen molar-refractivity contribution >= 4 is 6.03 Å². The van der Waals surface area contributed by atoms with E-state index < -0.39 is 11.8 Å². The number of alkyl halides is 2. The van der Waals surface area contributed by atoms with Crippen LogP contribution in [0.3, 0.4) is 0 Å². The van der Waals surface area contributed by atoms with Crippen LogP contribution in [0.5, 0.6) is 0 Å². The SMILES string of the molecule is NC[C@H]1CN(C(=O)N2CCc3ccccc3[C@@H]2c2ccc(F)cc2)CCC1(F)F. The molecule has 1 saturated heterocycles. The number of fused-ring (bicyclic) bond motifs is 1. The number of benzene rings is 2. The summed E-state index contributed by atoms with van der Waals surface area (Å²) < 4.78 is 41.6. The minimum Gasteiger partial charge on any atom is -0.330 e. The lowest BCUT2D eigenvalue weighted by Crippen LogP contribution is -2.56. The minimum atomic E-state index is -2.85. The second-order valence-corrected chi connectivity index (χ2v) is 7.77. The number of piperidine rings is 1. The van der Waals surface area contributed by atoms with Crippen LogP contribution in [-0.4, -0.2) is 47.9 Å². The third-order valence-corrected chi connectivity index (χ3v) is 6.02. The molecule has 0 aromatic heterocycles. The van der Waals surface area contributed by atoms with Gasteiger partial charge in [-0.3, -0.25) is 0 Å². The lowest BCUT2D eigenvalue weighted by molar-refractivity contribution is -0.0958. The summed E-state index contributed by atoms with van der Waals surface area (Å²) in [4.78, 5) is 16.6. The largest absolute Gasteiger partial charge is 0.330 e. The monoisotopic (exact) mass is 403 g/mol. The molecule has 0 saturated carbocycles. The smallest absolute Gasteiger partial charge is 0.320 e. The van der Waals surface area contributed by atoms with E-state index in [0.29, 0.717) is 13.0 Å². The maximum absolute atomic E-state index is 14.1. The highest BCUT2D eigenvalue weighted by atomic mass is 19.3. The Kier molecular flexibility index (Phi) is 5.25. The topological polar surface area (TPSA) is 49.6 Å². The van der Waals surface area contributed by atoms with Gasteiger partial charge in [-0.05, 0) is 35.2 Å². The Morgan fingerprint density at radius 1 is 1.10 bits per heavy atom. The summed E-state index contributed by atoms with van der Waals surface area (Å²) in [6, 6.07) is 13.3. The molecule has 2 aromatic rings. The summed E-state index contributed by atoms with van der Waals surface area (Å²) >= 11 is 0. The summed E-state index contributed by atoms with van der Waals surface area (Å²) in [5.41, 5.74) is 8.46. The molecule has 0 bridgehead atoms. The standard InChI is InChI=1S/C22H24F3N3O/c23-18-7-5-16(6-8-18)20-19-4-2-1-3-15(19)9-11-28(20)21(29)27-12-10-22(24,25)17(13-26)14-27/h1-8,17,20H,9-14,26H2/t17-,20-/m0/s1. The van der Waals surface area contributed by atoms with Gasteiger partial charge < -0.3 is 15.5 Å². The van der Waals surface area contributed by atoms with Crippen molar-refractivity contribution in [2.24, 2.45) is 11.7 Å². The van der Waals surface area contributed by atoms with Crippen LogP contribution in [0.4, 0.5) is 18.0 Å². The highest BCUT2D eigenvalue weighted by molar-refractivity contribution is 5.76. The first kappa shape index (κ1) is 19.8. The van der Waals surface area contributed by atoms with Gasteiger partial charge in [0, 0.05) is 32.6 Å². The van der Waals surface area contributed by atoms with Gasteiger partial charge in [-0.2, -0.15) is 0 Å². The molecule has 2 aromatic carbocycles. The summed E-state index contributed by atoms with van der Waals surface area (Å²) in [5, 5.41) is 0. The molecule has 4 rings (SSSR count). The highest BCUT2D eigenvalue weighted by Gasteiger charge is 2.46. The lowest BCUT2D eigenvalue weighted by Gasteiger charge is -2.44. The number of likely N-dealkylation sites (tertiary alicyclic amines) is 1. The number of nitrogens with two attached hydrogens (primary N) is 1. The predicted molar refractivity (Wildman–Crippen MR) is 104 cm³/mol. The molecule has 2 aliphatic heterocycles. The molecule has 2 heterocycles. The van der Waals surface area contributed by atoms with Gasteiger partial charge in [-0.25, -0.2) is 18.0 Å². The van der Waals surface area contributed by atoms with E-state index in [-0.39, 0.29) is 43.9 Å². The number of halogens is 3. The molecule has 2 atom stereocenters. The first-order valence-electron chi connectivity index (χ1n) is 9.87. The second-order valence-electron chi connectivity index (χ2n) is 7.77. The zero-order valence-corrected chi connectivity index (χ0v) is 16.0. The Balaban J connectivity index is 1.66. The summed E-state index contributed by atoms with van der Waals surface area (Å²) in [6.45, 7) is 0.242. The minimum absolute atomic E-state index is 0.00336. The van der Waals surface area contributed by atoms with Crippen molar-refractivity contribution in [3.8, 4) is 0 Å². The molecule has 1 fully saturated rings. The van der Waals surface area contributed by atoms with Crippen LogP contribution >= 0.6 is 0 Å². The molecule has 7 heteroatoms. The van der Waals surface area contributed by atoms with Crippen molar-refractivity contribution in [2.45, 2.75) is 24.8 Å². The number of nitrogens with zero attached hydrogens (tertiary/aromatic N) is 2. The molecule has 2 N–H and O–H groups in total. The van der Waals surface area contributed by atoms with E-state index in [1.807, 2.05) is 24.3 Å². The van der Waals surface area contributed by atoms with Gasteiger partial charge in [0.2, 0.25) is 0 Å². The molecule has 0 spiro atoms. The molecule has 2 amide bonds. The number of hydrogen-bond acceptors (Lipinski definition) is 2. The van der Waals surface area contributed by atoms with Crippen LogP contribution in [0.15, 0.2) is 48.5 Å². The van der Waals surface area contributed by atoms with Crippen LogP contribution in [0.25, 0.3) is 0 Å². The molecule has 0 aliphatic carbocycles. The van der Waals surface area contributed by atoms with E-state index in [4.69, 9.17) is 5.73 Å². The molecule has 0 radical (unpaired) electrons. The Bertz CT molecular complexity index is 887. The highest BCUT2D eigenvalue weighted by Crippen LogP contribution is 2.38. The molecule has 4 nitrogen and oxygen atoms in total. The van der Waals surface area contributed by atoms with Crippen LogP contribution in [0, 0.1) is 11.7 Å². The van der Waals surface area contributed by atoms with Crippen LogP contribution in [-0.2, 0) is 6.42 Å². The first-order valence-corrected chi connectivity index (χ1v) is 9.87. The van der Waals surface area contributed by atoms with Crippen LogP contribution in [0.2, 0.25) is 0 Å². The fraction of sp³-hybridized carbons (Fsp3) is 0.409. The first-order chi connectivity index (χ1) is 13.9. The van der Waals surface area contributed by atoms with Gasteiger partial charge in [0.1, 0.15) is 5.82 Å². The predicted octanol–water partition coefficient (Wildman–Crippen LogP) is 3.81. The van der Waals surface area contributed by atoms with Gasteiger partial charge in [-0.1, -0.05) is 36.4 Å². The molecule has 2 aliphatic rings. The Morgan fingerprint density at radius 3 is 2.55 bits per heavy atom. The van der Waals surface area contributed by atoms with E-state index in [9.17, 15) is 18.0 Å². The third kappa shape index (κ3) is 3.71. The van der Waals surface area contributed by atoms with E-state index in [0.717, 1.165) is 16.7 Å². The number of hydrogen-bond donors (Lipinski definition) is 1. The van der Waals surface area contributed by atoms with Gasteiger partial charge in [-0.15, -0.1) is 0 Å². The van der Waals surface area contributed by atoms with Gasteiger partial charge in [0.05, 0.1) is 12.0 Å².